The Labute approximate surface area is 132 Å². The molecule has 2 aromatic rings. The van der Waals surface area contributed by atoms with Gasteiger partial charge < -0.3 is 5.73 Å². The summed E-state index contributed by atoms with van der Waals surface area (Å²) in [6.45, 7) is 0. The number of nitrogens with zero attached hydrogens (tertiary/aromatic N) is 2. The summed E-state index contributed by atoms with van der Waals surface area (Å²) < 4.78 is 13.0. The van der Waals surface area contributed by atoms with Gasteiger partial charge in [0, 0.05) is 11.4 Å². The minimum Gasteiger partial charge on any atom is -0.350 e. The summed E-state index contributed by atoms with van der Waals surface area (Å²) in [6.07, 6.45) is 0.510. The lowest BCUT2D eigenvalue weighted by molar-refractivity contribution is 0.196. The Morgan fingerprint density at radius 2 is 1.82 bits per heavy atom. The molecule has 1 atom stereocenters. The van der Waals surface area contributed by atoms with Crippen LogP contribution in [0.2, 0.25) is 5.02 Å². The van der Waals surface area contributed by atoms with Crippen LogP contribution >= 0.6 is 11.6 Å². The van der Waals surface area contributed by atoms with Crippen molar-refractivity contribution in [3.05, 3.63) is 70.5 Å². The second-order valence-corrected chi connectivity index (χ2v) is 5.44. The molecular weight excluding hydrogens is 305 g/mol. The van der Waals surface area contributed by atoms with E-state index in [0.717, 1.165) is 11.1 Å². The van der Waals surface area contributed by atoms with Crippen molar-refractivity contribution in [2.45, 2.75) is 12.5 Å². The van der Waals surface area contributed by atoms with E-state index in [-0.39, 0.29) is 11.9 Å². The normalized spacial score (nSPS) is 17.5. The molecule has 0 aliphatic carbocycles. The van der Waals surface area contributed by atoms with E-state index < -0.39 is 6.03 Å². The summed E-state index contributed by atoms with van der Waals surface area (Å²) in [7, 11) is 0. The fraction of sp³-hybridized carbons (Fsp3) is 0.125. The zero-order valence-electron chi connectivity index (χ0n) is 11.5. The number of rotatable bonds is 2. The third-order valence-corrected chi connectivity index (χ3v) is 3.82. The van der Waals surface area contributed by atoms with E-state index in [2.05, 4.69) is 5.10 Å². The van der Waals surface area contributed by atoms with Gasteiger partial charge in [0.2, 0.25) is 0 Å². The van der Waals surface area contributed by atoms with E-state index in [9.17, 15) is 9.18 Å². The van der Waals surface area contributed by atoms with Crippen LogP contribution in [0.1, 0.15) is 23.6 Å². The number of benzene rings is 2. The zero-order chi connectivity index (χ0) is 15.7. The molecule has 0 saturated heterocycles. The van der Waals surface area contributed by atoms with Crippen molar-refractivity contribution >= 4 is 23.3 Å². The fourth-order valence-electron chi connectivity index (χ4n) is 2.47. The number of hydrogen-bond donors (Lipinski definition) is 1. The number of hydrogen-bond acceptors (Lipinski definition) is 2. The number of halogens is 2. The van der Waals surface area contributed by atoms with Gasteiger partial charge in [-0.25, -0.2) is 14.2 Å². The highest BCUT2D eigenvalue weighted by Crippen LogP contribution is 2.32. The lowest BCUT2D eigenvalue weighted by Crippen LogP contribution is -2.31. The number of carbonyl (C=O) groups excluding carboxylic acids is 1. The summed E-state index contributed by atoms with van der Waals surface area (Å²) in [4.78, 5) is 11.6. The van der Waals surface area contributed by atoms with Crippen molar-refractivity contribution in [1.29, 1.82) is 0 Å². The molecule has 2 aromatic carbocycles. The minimum atomic E-state index is -0.628. The molecule has 1 heterocycles. The molecule has 0 saturated carbocycles. The van der Waals surface area contributed by atoms with Gasteiger partial charge in [-0.05, 0) is 35.4 Å². The predicted molar refractivity (Wildman–Crippen MR) is 83.2 cm³/mol. The molecule has 2 amide bonds. The van der Waals surface area contributed by atoms with Crippen LogP contribution in [0.15, 0.2) is 53.6 Å². The number of urea groups is 1. The number of primary amides is 1. The van der Waals surface area contributed by atoms with E-state index in [0.29, 0.717) is 17.2 Å². The first-order chi connectivity index (χ1) is 10.5. The first kappa shape index (κ1) is 14.5. The standard InChI is InChI=1S/C16H13ClFN3O/c17-12-5-1-11(2-6-12)15-9-14(20-21(15)16(19)22)10-3-7-13(18)8-4-10/h1-8,15H,9H2,(H2,19,22). The third kappa shape index (κ3) is 2.80. The number of nitrogens with two attached hydrogens (primary N) is 1. The number of hydrazone groups is 1. The monoisotopic (exact) mass is 317 g/mol. The highest BCUT2D eigenvalue weighted by Gasteiger charge is 2.31. The van der Waals surface area contributed by atoms with Crippen LogP contribution in [0, 0.1) is 5.82 Å². The van der Waals surface area contributed by atoms with Crippen LogP contribution < -0.4 is 5.73 Å². The van der Waals surface area contributed by atoms with Crippen molar-refractivity contribution in [3.8, 4) is 0 Å². The first-order valence-electron chi connectivity index (χ1n) is 6.72. The Kier molecular flexibility index (Phi) is 3.81. The van der Waals surface area contributed by atoms with Gasteiger partial charge in [0.25, 0.3) is 0 Å². The van der Waals surface area contributed by atoms with Crippen LogP contribution in [-0.4, -0.2) is 16.8 Å². The van der Waals surface area contributed by atoms with Crippen LogP contribution in [0.5, 0.6) is 0 Å². The summed E-state index contributed by atoms with van der Waals surface area (Å²) in [5, 5.41) is 6.16. The van der Waals surface area contributed by atoms with Crippen molar-refractivity contribution in [3.63, 3.8) is 0 Å². The SMILES string of the molecule is NC(=O)N1N=C(c2ccc(F)cc2)CC1c1ccc(Cl)cc1. The van der Waals surface area contributed by atoms with Crippen molar-refractivity contribution in [2.75, 3.05) is 0 Å². The Bertz CT molecular complexity index is 728. The van der Waals surface area contributed by atoms with Gasteiger partial charge in [-0.1, -0.05) is 35.9 Å². The number of carbonyl (C=O) groups is 1. The lowest BCUT2D eigenvalue weighted by Gasteiger charge is -2.19. The topological polar surface area (TPSA) is 58.7 Å². The minimum absolute atomic E-state index is 0.283. The van der Waals surface area contributed by atoms with Gasteiger partial charge in [-0.15, -0.1) is 0 Å². The van der Waals surface area contributed by atoms with Crippen molar-refractivity contribution in [2.24, 2.45) is 10.8 Å². The van der Waals surface area contributed by atoms with Gasteiger partial charge in [0.05, 0.1) is 11.8 Å². The molecule has 112 valence electrons. The maximum atomic E-state index is 13.0. The van der Waals surface area contributed by atoms with Crippen LogP contribution in [-0.2, 0) is 0 Å². The first-order valence-corrected chi connectivity index (χ1v) is 7.10. The Balaban J connectivity index is 1.92. The highest BCUT2D eigenvalue weighted by molar-refractivity contribution is 6.30. The second kappa shape index (κ2) is 5.77. The Morgan fingerprint density at radius 3 is 2.41 bits per heavy atom. The van der Waals surface area contributed by atoms with E-state index in [4.69, 9.17) is 17.3 Å². The molecule has 0 spiro atoms. The molecule has 6 heteroatoms. The fourth-order valence-corrected chi connectivity index (χ4v) is 2.60. The largest absolute Gasteiger partial charge is 0.350 e. The molecule has 22 heavy (non-hydrogen) atoms. The summed E-state index contributed by atoms with van der Waals surface area (Å²) in [5.74, 6) is -0.316. The molecule has 1 aliphatic rings. The van der Waals surface area contributed by atoms with Gasteiger partial charge in [0.1, 0.15) is 5.82 Å². The smallest absolute Gasteiger partial charge is 0.335 e. The summed E-state index contributed by atoms with van der Waals surface area (Å²) >= 11 is 5.89. The number of amides is 2. The van der Waals surface area contributed by atoms with Crippen molar-refractivity contribution in [1.82, 2.24) is 5.01 Å². The van der Waals surface area contributed by atoms with E-state index in [1.54, 1.807) is 24.3 Å². The summed E-state index contributed by atoms with van der Waals surface area (Å²) in [6, 6.07) is 12.3. The molecule has 4 nitrogen and oxygen atoms in total. The average Bonchev–Trinajstić information content (AvgIpc) is 2.94. The average molecular weight is 318 g/mol. The molecule has 0 aromatic heterocycles. The maximum absolute atomic E-state index is 13.0. The van der Waals surface area contributed by atoms with Gasteiger partial charge in [0.15, 0.2) is 0 Å². The summed E-state index contributed by atoms with van der Waals surface area (Å²) in [5.41, 5.74) is 7.77. The molecule has 3 rings (SSSR count). The molecule has 1 unspecified atom stereocenters. The van der Waals surface area contributed by atoms with Gasteiger partial charge in [-0.3, -0.25) is 0 Å². The molecule has 1 aliphatic heterocycles. The third-order valence-electron chi connectivity index (χ3n) is 3.57. The Hall–Kier alpha value is -2.40. The van der Waals surface area contributed by atoms with Crippen molar-refractivity contribution < 1.29 is 9.18 Å². The van der Waals surface area contributed by atoms with Crippen LogP contribution in [0.3, 0.4) is 0 Å². The van der Waals surface area contributed by atoms with E-state index in [1.165, 1.54) is 17.1 Å². The zero-order valence-corrected chi connectivity index (χ0v) is 12.3. The molecule has 2 N–H and O–H groups in total. The van der Waals surface area contributed by atoms with E-state index >= 15 is 0 Å². The second-order valence-electron chi connectivity index (χ2n) is 5.01. The molecule has 0 radical (unpaired) electrons. The Morgan fingerprint density at radius 1 is 1.18 bits per heavy atom. The molecule has 0 fully saturated rings. The quantitative estimate of drug-likeness (QED) is 0.902. The maximum Gasteiger partial charge on any atom is 0.335 e. The van der Waals surface area contributed by atoms with E-state index in [1.807, 2.05) is 12.1 Å². The molecule has 0 bridgehead atoms. The van der Waals surface area contributed by atoms with Gasteiger partial charge in [-0.2, -0.15) is 5.10 Å². The van der Waals surface area contributed by atoms with Gasteiger partial charge >= 0.3 is 6.03 Å². The predicted octanol–water partition coefficient (Wildman–Crippen LogP) is 3.71. The van der Waals surface area contributed by atoms with Crippen LogP contribution in [0.4, 0.5) is 9.18 Å². The highest BCUT2D eigenvalue weighted by atomic mass is 35.5. The lowest BCUT2D eigenvalue weighted by atomic mass is 9.98. The molecular formula is C16H13ClFN3O. The van der Waals surface area contributed by atoms with Crippen LogP contribution in [0.25, 0.3) is 0 Å².